The van der Waals surface area contributed by atoms with Gasteiger partial charge in [-0.05, 0) is 24.6 Å². The van der Waals surface area contributed by atoms with Crippen LogP contribution in [-0.4, -0.2) is 42.1 Å². The quantitative estimate of drug-likeness (QED) is 0.736. The number of likely N-dealkylation sites (N-methyl/N-ethyl adjacent to an activating group) is 1. The molecule has 0 saturated carbocycles. The maximum Gasteiger partial charge on any atom is 0.407 e. The van der Waals surface area contributed by atoms with Crippen molar-refractivity contribution in [3.05, 3.63) is 54.2 Å². The van der Waals surface area contributed by atoms with E-state index in [4.69, 9.17) is 9.47 Å². The number of rotatable bonds is 5. The van der Waals surface area contributed by atoms with Crippen LogP contribution in [0.4, 0.5) is 10.5 Å². The SMILES string of the molecule is CC(Cn1ncc2ccc3c(c21)N(C)CCO3)NC(=O)OCc1ccccc1. The van der Waals surface area contributed by atoms with E-state index in [1.54, 1.807) is 0 Å². The van der Waals surface area contributed by atoms with E-state index in [2.05, 4.69) is 22.4 Å². The monoisotopic (exact) mass is 380 g/mol. The molecule has 3 aromatic rings. The summed E-state index contributed by atoms with van der Waals surface area (Å²) in [6, 6.07) is 13.5. The largest absolute Gasteiger partial charge is 0.489 e. The summed E-state index contributed by atoms with van der Waals surface area (Å²) < 4.78 is 13.0. The molecule has 1 N–H and O–H groups in total. The van der Waals surface area contributed by atoms with Crippen LogP contribution in [-0.2, 0) is 17.9 Å². The van der Waals surface area contributed by atoms with Crippen LogP contribution in [0.3, 0.4) is 0 Å². The lowest BCUT2D eigenvalue weighted by Crippen LogP contribution is -2.36. The zero-order valence-electron chi connectivity index (χ0n) is 16.1. The van der Waals surface area contributed by atoms with E-state index < -0.39 is 6.09 Å². The summed E-state index contributed by atoms with van der Waals surface area (Å²) >= 11 is 0. The summed E-state index contributed by atoms with van der Waals surface area (Å²) in [6.45, 7) is 4.23. The van der Waals surface area contributed by atoms with Gasteiger partial charge in [0, 0.05) is 18.5 Å². The van der Waals surface area contributed by atoms with Gasteiger partial charge in [0.1, 0.15) is 24.7 Å². The van der Waals surface area contributed by atoms with Crippen molar-refractivity contribution in [2.75, 3.05) is 25.1 Å². The molecule has 0 spiro atoms. The number of nitrogens with one attached hydrogen (secondary N) is 1. The number of nitrogens with zero attached hydrogens (tertiary/aromatic N) is 3. The van der Waals surface area contributed by atoms with Crippen LogP contribution in [0.1, 0.15) is 12.5 Å². The molecule has 2 heterocycles. The molecule has 28 heavy (non-hydrogen) atoms. The highest BCUT2D eigenvalue weighted by atomic mass is 16.5. The highest BCUT2D eigenvalue weighted by Crippen LogP contribution is 2.37. The minimum atomic E-state index is -0.435. The smallest absolute Gasteiger partial charge is 0.407 e. The molecule has 4 rings (SSSR count). The number of ether oxygens (including phenoxy) is 2. The van der Waals surface area contributed by atoms with E-state index in [0.29, 0.717) is 13.2 Å². The third-order valence-electron chi connectivity index (χ3n) is 4.83. The third-order valence-corrected chi connectivity index (χ3v) is 4.83. The van der Waals surface area contributed by atoms with Crippen LogP contribution in [0.2, 0.25) is 0 Å². The lowest BCUT2D eigenvalue weighted by molar-refractivity contribution is 0.135. The lowest BCUT2D eigenvalue weighted by Gasteiger charge is -2.28. The van der Waals surface area contributed by atoms with E-state index in [1.807, 2.05) is 60.3 Å². The van der Waals surface area contributed by atoms with Gasteiger partial charge in [-0.1, -0.05) is 30.3 Å². The maximum absolute atomic E-state index is 12.1. The fraction of sp³-hybridized carbons (Fsp3) is 0.333. The van der Waals surface area contributed by atoms with E-state index in [0.717, 1.165) is 34.4 Å². The van der Waals surface area contributed by atoms with E-state index in [1.165, 1.54) is 0 Å². The molecule has 0 aliphatic carbocycles. The number of hydrogen-bond donors (Lipinski definition) is 1. The van der Waals surface area contributed by atoms with Crippen molar-refractivity contribution in [1.82, 2.24) is 15.1 Å². The summed E-state index contributed by atoms with van der Waals surface area (Å²) in [5, 5.41) is 8.45. The number of hydrogen-bond acceptors (Lipinski definition) is 5. The Labute approximate surface area is 163 Å². The van der Waals surface area contributed by atoms with Crippen molar-refractivity contribution in [1.29, 1.82) is 0 Å². The maximum atomic E-state index is 12.1. The molecular weight excluding hydrogens is 356 g/mol. The molecule has 0 radical (unpaired) electrons. The topological polar surface area (TPSA) is 68.6 Å². The van der Waals surface area contributed by atoms with Crippen LogP contribution in [0.5, 0.6) is 5.75 Å². The molecule has 1 unspecified atom stereocenters. The summed E-state index contributed by atoms with van der Waals surface area (Å²) in [4.78, 5) is 14.3. The summed E-state index contributed by atoms with van der Waals surface area (Å²) in [6.07, 6.45) is 1.41. The van der Waals surface area contributed by atoms with Crippen LogP contribution in [0, 0.1) is 0 Å². The Morgan fingerprint density at radius 2 is 2.11 bits per heavy atom. The Morgan fingerprint density at radius 3 is 2.93 bits per heavy atom. The predicted octanol–water partition coefficient (Wildman–Crippen LogP) is 3.18. The highest BCUT2D eigenvalue weighted by Gasteiger charge is 2.22. The van der Waals surface area contributed by atoms with Crippen molar-refractivity contribution in [2.24, 2.45) is 0 Å². The number of anilines is 1. The molecule has 0 fully saturated rings. The van der Waals surface area contributed by atoms with Gasteiger partial charge >= 0.3 is 6.09 Å². The number of fused-ring (bicyclic) bond motifs is 3. The van der Waals surface area contributed by atoms with Gasteiger partial charge in [-0.3, -0.25) is 4.68 Å². The van der Waals surface area contributed by atoms with Gasteiger partial charge in [0.05, 0.1) is 24.8 Å². The standard InChI is InChI=1S/C21H24N4O3/c1-15(23-21(26)28-14-16-6-4-3-5-7-16)13-25-19-17(12-22-25)8-9-18-20(19)24(2)10-11-27-18/h3-9,12,15H,10-11,13-14H2,1-2H3,(H,23,26). The van der Waals surface area contributed by atoms with E-state index >= 15 is 0 Å². The first-order chi connectivity index (χ1) is 13.6. The fourth-order valence-electron chi connectivity index (χ4n) is 3.44. The van der Waals surface area contributed by atoms with Gasteiger partial charge < -0.3 is 19.7 Å². The van der Waals surface area contributed by atoms with Crippen LogP contribution in [0.25, 0.3) is 10.9 Å². The minimum Gasteiger partial charge on any atom is -0.489 e. The fourth-order valence-corrected chi connectivity index (χ4v) is 3.44. The molecule has 0 saturated heterocycles. The minimum absolute atomic E-state index is 0.142. The zero-order valence-corrected chi connectivity index (χ0v) is 16.1. The average molecular weight is 380 g/mol. The number of carbonyl (C=O) groups is 1. The number of carbonyl (C=O) groups excluding carboxylic acids is 1. The number of amides is 1. The van der Waals surface area contributed by atoms with Gasteiger partial charge in [0.15, 0.2) is 0 Å². The van der Waals surface area contributed by atoms with Gasteiger partial charge in [-0.25, -0.2) is 4.79 Å². The van der Waals surface area contributed by atoms with Gasteiger partial charge in [-0.15, -0.1) is 0 Å². The second-order valence-corrected chi connectivity index (χ2v) is 7.05. The van der Waals surface area contributed by atoms with Gasteiger partial charge in [0.25, 0.3) is 0 Å². The predicted molar refractivity (Wildman–Crippen MR) is 108 cm³/mol. The Morgan fingerprint density at radius 1 is 1.29 bits per heavy atom. The molecule has 7 heteroatoms. The molecule has 1 aromatic heterocycles. The molecule has 1 amide bonds. The Balaban J connectivity index is 1.44. The van der Waals surface area contributed by atoms with Crippen molar-refractivity contribution in [3.63, 3.8) is 0 Å². The molecule has 1 aliphatic rings. The molecule has 2 aromatic carbocycles. The van der Waals surface area contributed by atoms with E-state index in [9.17, 15) is 4.79 Å². The first kappa shape index (κ1) is 18.2. The number of alkyl carbamates (subject to hydrolysis) is 1. The summed E-state index contributed by atoms with van der Waals surface area (Å²) in [5.74, 6) is 0.867. The summed E-state index contributed by atoms with van der Waals surface area (Å²) in [5.41, 5.74) is 3.02. The lowest BCUT2D eigenvalue weighted by atomic mass is 10.1. The van der Waals surface area contributed by atoms with Crippen molar-refractivity contribution >= 4 is 22.7 Å². The van der Waals surface area contributed by atoms with Crippen molar-refractivity contribution in [3.8, 4) is 5.75 Å². The second-order valence-electron chi connectivity index (χ2n) is 7.05. The Kier molecular flexibility index (Phi) is 5.06. The molecule has 146 valence electrons. The zero-order chi connectivity index (χ0) is 19.5. The average Bonchev–Trinajstić information content (AvgIpc) is 3.10. The first-order valence-corrected chi connectivity index (χ1v) is 9.41. The van der Waals surface area contributed by atoms with Crippen LogP contribution in [0.15, 0.2) is 48.7 Å². The van der Waals surface area contributed by atoms with Crippen molar-refractivity contribution < 1.29 is 14.3 Å². The molecule has 1 atom stereocenters. The number of benzene rings is 2. The van der Waals surface area contributed by atoms with Crippen LogP contribution >= 0.6 is 0 Å². The van der Waals surface area contributed by atoms with Crippen molar-refractivity contribution in [2.45, 2.75) is 26.1 Å². The normalized spacial score (nSPS) is 14.3. The molecular formula is C21H24N4O3. The third kappa shape index (κ3) is 3.74. The van der Waals surface area contributed by atoms with Gasteiger partial charge in [-0.2, -0.15) is 5.10 Å². The molecule has 7 nitrogen and oxygen atoms in total. The first-order valence-electron chi connectivity index (χ1n) is 9.41. The Hall–Kier alpha value is -3.22. The highest BCUT2D eigenvalue weighted by molar-refractivity contribution is 5.95. The number of aromatic nitrogens is 2. The Bertz CT molecular complexity index is 970. The van der Waals surface area contributed by atoms with Gasteiger partial charge in [0.2, 0.25) is 0 Å². The second kappa shape index (κ2) is 7.80. The summed E-state index contributed by atoms with van der Waals surface area (Å²) in [7, 11) is 2.06. The van der Waals surface area contributed by atoms with E-state index in [-0.39, 0.29) is 12.6 Å². The molecule has 1 aliphatic heterocycles. The van der Waals surface area contributed by atoms with Crippen LogP contribution < -0.4 is 15.0 Å². The molecule has 0 bridgehead atoms.